The molecular weight excluding hydrogens is 286 g/mol. The van der Waals surface area contributed by atoms with Gasteiger partial charge in [-0.05, 0) is 33.8 Å². The van der Waals surface area contributed by atoms with Crippen LogP contribution in [0.1, 0.15) is 5.56 Å². The van der Waals surface area contributed by atoms with Gasteiger partial charge in [0.25, 0.3) is 0 Å². The lowest BCUT2D eigenvalue weighted by Crippen LogP contribution is -1.93. The molecule has 0 radical (unpaired) electrons. The number of hydrogen-bond acceptors (Lipinski definition) is 3. The smallest absolute Gasteiger partial charge is 0.212 e. The van der Waals surface area contributed by atoms with Gasteiger partial charge in [0, 0.05) is 11.9 Å². The zero-order valence-corrected chi connectivity index (χ0v) is 10.5. The molecule has 74 valence electrons. The molecule has 0 saturated heterocycles. The molecule has 0 aliphatic heterocycles. The topological polar surface area (TPSA) is 49.0 Å². The first-order valence-electron chi connectivity index (χ1n) is 3.66. The zero-order chi connectivity index (χ0) is 10.6. The van der Waals surface area contributed by atoms with Crippen molar-refractivity contribution >= 4 is 38.2 Å². The molecule has 0 saturated carbocycles. The lowest BCUT2D eigenvalue weighted by atomic mass is 10.3. The highest BCUT2D eigenvalue weighted by atomic mass is 79.9. The molecule has 0 fully saturated rings. The summed E-state index contributed by atoms with van der Waals surface area (Å²) in [6, 6.07) is 1.89. The molecule has 0 N–H and O–H groups in total. The van der Waals surface area contributed by atoms with Crippen molar-refractivity contribution in [3.05, 3.63) is 27.5 Å². The van der Waals surface area contributed by atoms with E-state index in [9.17, 15) is 0 Å². The van der Waals surface area contributed by atoms with Crippen LogP contribution in [0.5, 0.6) is 0 Å². The standard InChI is InChI=1S/C8H7BrClN3S/c1-14(13-5-11)4-6-2-7(9)8(10)12-3-6/h2-3H,4H2,1H3. The first kappa shape index (κ1) is 11.6. The van der Waals surface area contributed by atoms with Gasteiger partial charge in [0.2, 0.25) is 6.19 Å². The van der Waals surface area contributed by atoms with Gasteiger partial charge in [0.15, 0.2) is 0 Å². The van der Waals surface area contributed by atoms with E-state index < -0.39 is 0 Å². The largest absolute Gasteiger partial charge is 0.243 e. The highest BCUT2D eigenvalue weighted by molar-refractivity contribution is 9.10. The summed E-state index contributed by atoms with van der Waals surface area (Å²) in [7, 11) is -0.276. The Morgan fingerprint density at radius 3 is 3.07 bits per heavy atom. The SMILES string of the molecule is CS(Cc1cnc(Cl)c(Br)c1)=NC#N. The van der Waals surface area contributed by atoms with Crippen LogP contribution < -0.4 is 0 Å². The number of pyridine rings is 1. The summed E-state index contributed by atoms with van der Waals surface area (Å²) in [5, 5.41) is 8.80. The normalized spacial score (nSPS) is 12.4. The molecule has 3 nitrogen and oxygen atoms in total. The fourth-order valence-electron chi connectivity index (χ4n) is 0.883. The summed E-state index contributed by atoms with van der Waals surface area (Å²) < 4.78 is 4.50. The van der Waals surface area contributed by atoms with Crippen LogP contribution in [0.3, 0.4) is 0 Å². The van der Waals surface area contributed by atoms with Gasteiger partial charge in [0.05, 0.1) is 4.47 Å². The van der Waals surface area contributed by atoms with Crippen LogP contribution in [0.25, 0.3) is 0 Å². The average molecular weight is 293 g/mol. The molecule has 0 aliphatic carbocycles. The van der Waals surface area contributed by atoms with Gasteiger partial charge >= 0.3 is 0 Å². The highest BCUT2D eigenvalue weighted by Crippen LogP contribution is 2.20. The van der Waals surface area contributed by atoms with E-state index in [0.717, 1.165) is 15.8 Å². The van der Waals surface area contributed by atoms with Crippen LogP contribution >= 0.6 is 27.5 Å². The Morgan fingerprint density at radius 1 is 1.79 bits per heavy atom. The van der Waals surface area contributed by atoms with Crippen molar-refractivity contribution < 1.29 is 0 Å². The van der Waals surface area contributed by atoms with Gasteiger partial charge in [-0.15, -0.1) is 0 Å². The van der Waals surface area contributed by atoms with Crippen LogP contribution in [0.4, 0.5) is 0 Å². The van der Waals surface area contributed by atoms with Crippen LogP contribution in [0, 0.1) is 11.5 Å². The van der Waals surface area contributed by atoms with Gasteiger partial charge in [-0.3, -0.25) is 0 Å². The van der Waals surface area contributed by atoms with Crippen molar-refractivity contribution in [3.8, 4) is 6.19 Å². The first-order valence-corrected chi connectivity index (χ1v) is 6.59. The van der Waals surface area contributed by atoms with Crippen molar-refractivity contribution in [1.29, 1.82) is 5.26 Å². The van der Waals surface area contributed by atoms with Crippen LogP contribution in [-0.4, -0.2) is 11.2 Å². The molecule has 1 atom stereocenters. The minimum absolute atomic E-state index is 0.276. The maximum atomic E-state index is 8.36. The first-order chi connectivity index (χ1) is 6.63. The molecular formula is C8H7BrClN3S. The number of aromatic nitrogens is 1. The summed E-state index contributed by atoms with van der Waals surface area (Å²) in [5.74, 6) is 0.719. The van der Waals surface area contributed by atoms with Crippen LogP contribution in [-0.2, 0) is 16.4 Å². The van der Waals surface area contributed by atoms with Gasteiger partial charge in [-0.25, -0.2) is 4.98 Å². The molecule has 0 bridgehead atoms. The second-order valence-corrected chi connectivity index (χ2v) is 5.44. The molecule has 0 spiro atoms. The predicted molar refractivity (Wildman–Crippen MR) is 62.0 cm³/mol. The van der Waals surface area contributed by atoms with E-state index in [4.69, 9.17) is 16.9 Å². The summed E-state index contributed by atoms with van der Waals surface area (Å²) in [6.07, 6.45) is 5.40. The van der Waals surface area contributed by atoms with E-state index in [1.807, 2.05) is 12.3 Å². The van der Waals surface area contributed by atoms with E-state index in [2.05, 4.69) is 25.3 Å². The third kappa shape index (κ3) is 3.37. The molecule has 1 heterocycles. The van der Waals surface area contributed by atoms with E-state index in [1.54, 1.807) is 12.4 Å². The molecule has 6 heteroatoms. The fourth-order valence-corrected chi connectivity index (χ4v) is 2.23. The Labute approximate surface area is 98.3 Å². The number of nitriles is 1. The van der Waals surface area contributed by atoms with Crippen LogP contribution in [0.15, 0.2) is 21.1 Å². The second-order valence-electron chi connectivity index (χ2n) is 2.55. The lowest BCUT2D eigenvalue weighted by Gasteiger charge is -2.01. The zero-order valence-electron chi connectivity index (χ0n) is 7.37. The van der Waals surface area contributed by atoms with Gasteiger partial charge < -0.3 is 0 Å². The quantitative estimate of drug-likeness (QED) is 0.621. The minimum Gasteiger partial charge on any atom is -0.243 e. The Balaban J connectivity index is 2.84. The maximum absolute atomic E-state index is 8.36. The summed E-state index contributed by atoms with van der Waals surface area (Å²) in [5.41, 5.74) is 1.02. The molecule has 1 unspecified atom stereocenters. The maximum Gasteiger partial charge on any atom is 0.212 e. The highest BCUT2D eigenvalue weighted by Gasteiger charge is 2.01. The third-order valence-electron chi connectivity index (χ3n) is 1.43. The van der Waals surface area contributed by atoms with Gasteiger partial charge in [0.1, 0.15) is 5.15 Å². The Hall–Kier alpha value is -0.440. The number of halogens is 2. The number of hydrogen-bond donors (Lipinski definition) is 0. The summed E-state index contributed by atoms with van der Waals surface area (Å²) in [4.78, 5) is 3.99. The molecule has 14 heavy (non-hydrogen) atoms. The molecule has 1 aromatic rings. The van der Waals surface area contributed by atoms with Gasteiger partial charge in [-0.1, -0.05) is 22.3 Å². The Morgan fingerprint density at radius 2 is 2.50 bits per heavy atom. The second kappa shape index (κ2) is 5.44. The molecule has 1 aromatic heterocycles. The van der Waals surface area contributed by atoms with E-state index >= 15 is 0 Å². The van der Waals surface area contributed by atoms with Crippen molar-refractivity contribution in [2.75, 3.05) is 6.26 Å². The van der Waals surface area contributed by atoms with E-state index in [-0.39, 0.29) is 10.7 Å². The number of rotatable bonds is 2. The summed E-state index contributed by atoms with van der Waals surface area (Å²) in [6.45, 7) is 0. The van der Waals surface area contributed by atoms with Crippen molar-refractivity contribution in [3.63, 3.8) is 0 Å². The van der Waals surface area contributed by atoms with E-state index in [1.165, 1.54) is 0 Å². The molecule has 0 aromatic carbocycles. The predicted octanol–water partition coefficient (Wildman–Crippen LogP) is 2.91. The minimum atomic E-state index is -0.276. The van der Waals surface area contributed by atoms with Crippen molar-refractivity contribution in [2.45, 2.75) is 5.75 Å². The lowest BCUT2D eigenvalue weighted by molar-refractivity contribution is 1.23. The fraction of sp³-hybridized carbons (Fsp3) is 0.250. The Bertz CT molecular complexity index is 414. The van der Waals surface area contributed by atoms with E-state index in [0.29, 0.717) is 5.15 Å². The van der Waals surface area contributed by atoms with Crippen LogP contribution in [0.2, 0.25) is 5.15 Å². The van der Waals surface area contributed by atoms with Crippen molar-refractivity contribution in [1.82, 2.24) is 4.98 Å². The number of nitrogens with zero attached hydrogens (tertiary/aromatic N) is 3. The monoisotopic (exact) mass is 291 g/mol. The molecule has 0 aliphatic rings. The average Bonchev–Trinajstić information content (AvgIpc) is 2.12. The molecule has 1 rings (SSSR count). The Kier molecular flexibility index (Phi) is 4.52. The van der Waals surface area contributed by atoms with Crippen molar-refractivity contribution in [2.24, 2.45) is 4.36 Å². The molecule has 0 amide bonds. The third-order valence-corrected chi connectivity index (χ3v) is 3.70. The van der Waals surface area contributed by atoms with Gasteiger partial charge in [-0.2, -0.15) is 9.62 Å². The summed E-state index contributed by atoms with van der Waals surface area (Å²) >= 11 is 9.03.